The Bertz CT molecular complexity index is 1080. The van der Waals surface area contributed by atoms with Crippen molar-refractivity contribution in [2.75, 3.05) is 12.4 Å². The zero-order valence-corrected chi connectivity index (χ0v) is 16.0. The predicted molar refractivity (Wildman–Crippen MR) is 115 cm³/mol. The maximum atomic E-state index is 12.3. The minimum Gasteiger partial charge on any atom is -0.497 e. The largest absolute Gasteiger partial charge is 0.497 e. The lowest BCUT2D eigenvalue weighted by atomic mass is 9.99. The van der Waals surface area contributed by atoms with Crippen LogP contribution in [0.3, 0.4) is 0 Å². The fraction of sp³-hybridized carbons (Fsp3) is 0.0833. The minimum atomic E-state index is -0.215. The summed E-state index contributed by atoms with van der Waals surface area (Å²) < 4.78 is 5.20. The van der Waals surface area contributed by atoms with E-state index in [0.717, 1.165) is 22.4 Å². The van der Waals surface area contributed by atoms with Gasteiger partial charge in [-0.25, -0.2) is 4.98 Å². The van der Waals surface area contributed by atoms with Crippen LogP contribution in [-0.4, -0.2) is 17.1 Å². The van der Waals surface area contributed by atoms with Crippen molar-refractivity contribution in [2.24, 2.45) is 0 Å². The van der Waals surface area contributed by atoms with Crippen molar-refractivity contribution in [3.8, 4) is 17.0 Å². The first-order valence-corrected chi connectivity index (χ1v) is 9.35. The summed E-state index contributed by atoms with van der Waals surface area (Å²) in [6, 6.07) is 29.0. The molecule has 4 rings (SSSR count). The van der Waals surface area contributed by atoms with E-state index in [1.54, 1.807) is 7.11 Å². The van der Waals surface area contributed by atoms with Crippen LogP contribution in [0, 0.1) is 0 Å². The number of hydrogen-bond donors (Lipinski definition) is 2. The average Bonchev–Trinajstić information content (AvgIpc) is 2.78. The number of aromatic nitrogens is 2. The van der Waals surface area contributed by atoms with E-state index in [9.17, 15) is 4.79 Å². The summed E-state index contributed by atoms with van der Waals surface area (Å²) in [5, 5.41) is 3.39. The summed E-state index contributed by atoms with van der Waals surface area (Å²) in [5.74, 6) is 1.17. The van der Waals surface area contributed by atoms with E-state index in [2.05, 4.69) is 39.6 Å². The Hall–Kier alpha value is -3.86. The average molecular weight is 383 g/mol. The molecule has 1 heterocycles. The Morgan fingerprint density at radius 1 is 0.862 bits per heavy atom. The van der Waals surface area contributed by atoms with Gasteiger partial charge < -0.3 is 10.1 Å². The zero-order valence-electron chi connectivity index (χ0n) is 16.0. The fourth-order valence-electron chi connectivity index (χ4n) is 3.22. The van der Waals surface area contributed by atoms with Crippen LogP contribution < -0.4 is 15.6 Å². The summed E-state index contributed by atoms with van der Waals surface area (Å²) in [7, 11) is 1.62. The van der Waals surface area contributed by atoms with Crippen LogP contribution in [0.4, 0.5) is 5.95 Å². The number of ether oxygens (including phenoxy) is 1. The highest BCUT2D eigenvalue weighted by Crippen LogP contribution is 2.26. The topological polar surface area (TPSA) is 67.0 Å². The molecule has 0 aliphatic carbocycles. The van der Waals surface area contributed by atoms with Crippen LogP contribution in [0.2, 0.25) is 0 Å². The molecule has 0 unspecified atom stereocenters. The number of nitrogens with zero attached hydrogens (tertiary/aromatic N) is 1. The molecule has 0 fully saturated rings. The number of aromatic amines is 1. The number of benzene rings is 3. The van der Waals surface area contributed by atoms with Crippen molar-refractivity contribution in [2.45, 2.75) is 6.04 Å². The van der Waals surface area contributed by atoms with E-state index in [-0.39, 0.29) is 11.6 Å². The van der Waals surface area contributed by atoms with E-state index in [0.29, 0.717) is 11.6 Å². The third-order valence-electron chi connectivity index (χ3n) is 4.67. The molecule has 0 saturated carbocycles. The predicted octanol–water partition coefficient (Wildman–Crippen LogP) is 4.65. The number of hydrogen-bond acceptors (Lipinski definition) is 4. The molecule has 0 saturated heterocycles. The fourth-order valence-corrected chi connectivity index (χ4v) is 3.22. The molecule has 29 heavy (non-hydrogen) atoms. The third kappa shape index (κ3) is 4.35. The van der Waals surface area contributed by atoms with Crippen LogP contribution in [0.25, 0.3) is 11.3 Å². The van der Waals surface area contributed by atoms with Gasteiger partial charge in [0.2, 0.25) is 5.95 Å². The summed E-state index contributed by atoms with van der Waals surface area (Å²) in [6.07, 6.45) is 0. The van der Waals surface area contributed by atoms with Gasteiger partial charge in [0.1, 0.15) is 5.75 Å². The molecule has 144 valence electrons. The molecule has 4 aromatic rings. The van der Waals surface area contributed by atoms with Gasteiger partial charge in [0.05, 0.1) is 18.8 Å². The molecule has 5 heteroatoms. The van der Waals surface area contributed by atoms with Crippen LogP contribution >= 0.6 is 0 Å². The first-order chi connectivity index (χ1) is 14.2. The number of rotatable bonds is 6. The monoisotopic (exact) mass is 383 g/mol. The number of methoxy groups -OCH3 is 1. The van der Waals surface area contributed by atoms with E-state index in [1.807, 2.05) is 60.7 Å². The lowest BCUT2D eigenvalue weighted by Crippen LogP contribution is -2.18. The molecule has 0 atom stereocenters. The van der Waals surface area contributed by atoms with Crippen LogP contribution in [0.5, 0.6) is 5.75 Å². The summed E-state index contributed by atoms with van der Waals surface area (Å²) in [6.45, 7) is 0. The van der Waals surface area contributed by atoms with E-state index in [4.69, 9.17) is 4.74 Å². The van der Waals surface area contributed by atoms with Crippen LogP contribution in [0.1, 0.15) is 17.2 Å². The molecule has 0 aliphatic heterocycles. The second-order valence-electron chi connectivity index (χ2n) is 6.61. The molecule has 3 aromatic carbocycles. The summed E-state index contributed by atoms with van der Waals surface area (Å²) >= 11 is 0. The molecule has 5 nitrogen and oxygen atoms in total. The molecule has 0 amide bonds. The highest BCUT2D eigenvalue weighted by Gasteiger charge is 2.15. The van der Waals surface area contributed by atoms with Gasteiger partial charge in [-0.1, -0.05) is 60.7 Å². The standard InChI is InChI=1S/C24H21N3O2/c1-29-20-14-12-17(13-15-20)21-16-22(28)26-24(25-21)27-23(18-8-4-2-5-9-18)19-10-6-3-7-11-19/h2-16,23H,1H3,(H2,25,26,27,28). The van der Waals surface area contributed by atoms with Gasteiger partial charge in [-0.15, -0.1) is 0 Å². The lowest BCUT2D eigenvalue weighted by Gasteiger charge is -2.20. The Morgan fingerprint density at radius 3 is 2.00 bits per heavy atom. The number of nitrogens with one attached hydrogen (secondary N) is 2. The van der Waals surface area contributed by atoms with E-state index in [1.165, 1.54) is 6.07 Å². The maximum Gasteiger partial charge on any atom is 0.252 e. The van der Waals surface area contributed by atoms with Gasteiger partial charge in [0.15, 0.2) is 0 Å². The molecular formula is C24H21N3O2. The number of anilines is 1. The molecule has 0 spiro atoms. The normalized spacial score (nSPS) is 10.7. The first kappa shape index (κ1) is 18.5. The van der Waals surface area contributed by atoms with Gasteiger partial charge in [-0.05, 0) is 35.4 Å². The molecular weight excluding hydrogens is 362 g/mol. The SMILES string of the molecule is COc1ccc(-c2cc(=O)[nH]c(NC(c3ccccc3)c3ccccc3)n2)cc1. The van der Waals surface area contributed by atoms with Crippen molar-refractivity contribution in [3.63, 3.8) is 0 Å². The third-order valence-corrected chi connectivity index (χ3v) is 4.67. The van der Waals surface area contributed by atoms with Crippen molar-refractivity contribution in [1.82, 2.24) is 9.97 Å². The van der Waals surface area contributed by atoms with Gasteiger partial charge in [0.25, 0.3) is 5.56 Å². The smallest absolute Gasteiger partial charge is 0.252 e. The Kier molecular flexibility index (Phi) is 5.38. The van der Waals surface area contributed by atoms with Gasteiger partial charge in [-0.2, -0.15) is 0 Å². The first-order valence-electron chi connectivity index (χ1n) is 9.35. The van der Waals surface area contributed by atoms with E-state index >= 15 is 0 Å². The zero-order chi connectivity index (χ0) is 20.1. The molecule has 0 radical (unpaired) electrons. The Labute approximate surface area is 169 Å². The molecule has 0 aliphatic rings. The minimum absolute atomic E-state index is 0.147. The summed E-state index contributed by atoms with van der Waals surface area (Å²) in [5.41, 5.74) is 3.38. The maximum absolute atomic E-state index is 12.3. The Morgan fingerprint density at radius 2 is 1.45 bits per heavy atom. The van der Waals surface area contributed by atoms with Crippen LogP contribution in [-0.2, 0) is 0 Å². The molecule has 1 aromatic heterocycles. The van der Waals surface area contributed by atoms with Gasteiger partial charge in [-0.3, -0.25) is 9.78 Å². The highest BCUT2D eigenvalue weighted by atomic mass is 16.5. The molecule has 2 N–H and O–H groups in total. The molecule has 0 bridgehead atoms. The Balaban J connectivity index is 1.71. The summed E-state index contributed by atoms with van der Waals surface area (Å²) in [4.78, 5) is 19.8. The van der Waals surface area contributed by atoms with Gasteiger partial charge >= 0.3 is 0 Å². The second-order valence-corrected chi connectivity index (χ2v) is 6.61. The van der Waals surface area contributed by atoms with Crippen molar-refractivity contribution >= 4 is 5.95 Å². The quantitative estimate of drug-likeness (QED) is 0.509. The van der Waals surface area contributed by atoms with Gasteiger partial charge in [0, 0.05) is 11.6 Å². The second kappa shape index (κ2) is 8.44. The van der Waals surface area contributed by atoms with Crippen molar-refractivity contribution in [3.05, 3.63) is 112 Å². The van der Waals surface area contributed by atoms with Crippen molar-refractivity contribution in [1.29, 1.82) is 0 Å². The number of H-pyrrole nitrogens is 1. The van der Waals surface area contributed by atoms with Crippen LogP contribution in [0.15, 0.2) is 95.8 Å². The van der Waals surface area contributed by atoms with Crippen molar-refractivity contribution < 1.29 is 4.74 Å². The lowest BCUT2D eigenvalue weighted by molar-refractivity contribution is 0.415. The van der Waals surface area contributed by atoms with E-state index < -0.39 is 0 Å². The highest BCUT2D eigenvalue weighted by molar-refractivity contribution is 5.61.